The summed E-state index contributed by atoms with van der Waals surface area (Å²) in [6.45, 7) is 5.79. The van der Waals surface area contributed by atoms with Crippen LogP contribution in [0.15, 0.2) is 40.7 Å². The normalized spacial score (nSPS) is 13.9. The van der Waals surface area contributed by atoms with E-state index in [4.69, 9.17) is 37.4 Å². The molecule has 0 aromatic heterocycles. The number of allylic oxidation sites excluding steroid dienone is 2. The summed E-state index contributed by atoms with van der Waals surface area (Å²) in [6, 6.07) is 4.46. The highest BCUT2D eigenvalue weighted by atomic mass is 35.5. The van der Waals surface area contributed by atoms with Gasteiger partial charge in [0.15, 0.2) is 6.61 Å². The third-order valence-electron chi connectivity index (χ3n) is 4.54. The Morgan fingerprint density at radius 2 is 1.45 bits per heavy atom. The molecule has 1 heterocycles. The fourth-order valence-corrected chi connectivity index (χ4v) is 3.48. The summed E-state index contributed by atoms with van der Waals surface area (Å²) in [5, 5.41) is 5.96. The lowest BCUT2D eigenvalue weighted by molar-refractivity contribution is -0.153. The minimum absolute atomic E-state index is 0.0564. The van der Waals surface area contributed by atoms with E-state index in [0.29, 0.717) is 22.1 Å². The fraction of sp³-hybridized carbons (Fsp3) is 0.364. The number of hydrogen-bond acceptors (Lipinski definition) is 8. The van der Waals surface area contributed by atoms with E-state index in [2.05, 4.69) is 10.6 Å². The van der Waals surface area contributed by atoms with Crippen LogP contribution in [0, 0.1) is 5.92 Å². The number of rotatable bonds is 8. The minimum atomic E-state index is -1.43. The van der Waals surface area contributed by atoms with Gasteiger partial charge in [-0.3, -0.25) is 9.59 Å². The summed E-state index contributed by atoms with van der Waals surface area (Å²) >= 11 is 11.8. The topological polar surface area (TPSA) is 120 Å². The van der Waals surface area contributed by atoms with E-state index in [1.807, 2.05) is 0 Å². The zero-order valence-corrected chi connectivity index (χ0v) is 20.1. The Kier molecular flexibility index (Phi) is 9.31. The van der Waals surface area contributed by atoms with E-state index in [1.54, 1.807) is 27.7 Å². The van der Waals surface area contributed by atoms with E-state index < -0.39 is 36.3 Å². The standard InChI is InChI=1S/C22H24Cl2N2O7/c1-5-31-20(28)17-11(3)25-12(4)18(21(29)32-6-2)19(17)22(30)33-10-16(27)26-13-7-8-14(23)15(24)9-13/h7-9,19,25H,5-6,10H2,1-4H3,(H,26,27). The quantitative estimate of drug-likeness (QED) is 0.413. The van der Waals surface area contributed by atoms with Crippen LogP contribution in [0.2, 0.25) is 10.0 Å². The molecule has 178 valence electrons. The average Bonchev–Trinajstić information content (AvgIpc) is 2.74. The number of carbonyl (C=O) groups is 4. The smallest absolute Gasteiger partial charge is 0.337 e. The number of halogens is 2. The molecule has 1 aliphatic rings. The van der Waals surface area contributed by atoms with Crippen LogP contribution in [-0.2, 0) is 33.4 Å². The van der Waals surface area contributed by atoms with E-state index in [-0.39, 0.29) is 29.4 Å². The fourth-order valence-electron chi connectivity index (χ4n) is 3.18. The number of esters is 3. The van der Waals surface area contributed by atoms with Gasteiger partial charge in [0.1, 0.15) is 5.92 Å². The molecule has 33 heavy (non-hydrogen) atoms. The highest BCUT2D eigenvalue weighted by Gasteiger charge is 2.42. The Hall–Kier alpha value is -3.04. The third kappa shape index (κ3) is 6.49. The number of amides is 1. The van der Waals surface area contributed by atoms with Crippen molar-refractivity contribution in [2.45, 2.75) is 27.7 Å². The molecule has 0 spiro atoms. The first kappa shape index (κ1) is 26.2. The number of ether oxygens (including phenoxy) is 3. The molecule has 9 nitrogen and oxygen atoms in total. The van der Waals surface area contributed by atoms with E-state index >= 15 is 0 Å². The lowest BCUT2D eigenvalue weighted by Gasteiger charge is -2.28. The zero-order valence-electron chi connectivity index (χ0n) is 18.5. The van der Waals surface area contributed by atoms with Crippen LogP contribution in [0.25, 0.3) is 0 Å². The van der Waals surface area contributed by atoms with Crippen LogP contribution < -0.4 is 10.6 Å². The summed E-state index contributed by atoms with van der Waals surface area (Å²) < 4.78 is 15.3. The summed E-state index contributed by atoms with van der Waals surface area (Å²) in [5.41, 5.74) is 0.793. The number of benzene rings is 1. The largest absolute Gasteiger partial charge is 0.463 e. The molecule has 0 radical (unpaired) electrons. The Bertz CT molecular complexity index is 994. The van der Waals surface area contributed by atoms with E-state index in [0.717, 1.165) is 0 Å². The van der Waals surface area contributed by atoms with Gasteiger partial charge >= 0.3 is 17.9 Å². The molecule has 0 saturated heterocycles. The molecular formula is C22H24Cl2N2O7. The summed E-state index contributed by atoms with van der Waals surface area (Å²) in [5.74, 6) is -4.65. The molecule has 11 heteroatoms. The van der Waals surface area contributed by atoms with Crippen molar-refractivity contribution in [3.63, 3.8) is 0 Å². The van der Waals surface area contributed by atoms with Crippen LogP contribution in [0.1, 0.15) is 27.7 Å². The third-order valence-corrected chi connectivity index (χ3v) is 5.27. The molecule has 1 aromatic rings. The number of anilines is 1. The van der Waals surface area contributed by atoms with Crippen molar-refractivity contribution in [2.75, 3.05) is 25.1 Å². The predicted octanol–water partition coefficient (Wildman–Crippen LogP) is 3.37. The van der Waals surface area contributed by atoms with Crippen LogP contribution >= 0.6 is 23.2 Å². The Balaban J connectivity index is 2.25. The van der Waals surface area contributed by atoms with Gasteiger partial charge in [-0.25, -0.2) is 9.59 Å². The molecular weight excluding hydrogens is 475 g/mol. The van der Waals surface area contributed by atoms with Gasteiger partial charge in [-0.2, -0.15) is 0 Å². The Labute approximate surface area is 201 Å². The van der Waals surface area contributed by atoms with Gasteiger partial charge in [-0.1, -0.05) is 23.2 Å². The van der Waals surface area contributed by atoms with Gasteiger partial charge in [0.05, 0.1) is 34.4 Å². The maximum atomic E-state index is 13.0. The molecule has 0 aliphatic carbocycles. The number of nitrogens with one attached hydrogen (secondary N) is 2. The monoisotopic (exact) mass is 498 g/mol. The molecule has 0 bridgehead atoms. The molecule has 0 unspecified atom stereocenters. The molecule has 1 aliphatic heterocycles. The molecule has 1 amide bonds. The van der Waals surface area contributed by atoms with Crippen LogP contribution in [0.5, 0.6) is 0 Å². The van der Waals surface area contributed by atoms with Crippen molar-refractivity contribution in [2.24, 2.45) is 5.92 Å². The maximum Gasteiger partial charge on any atom is 0.337 e. The lowest BCUT2D eigenvalue weighted by atomic mass is 9.85. The molecule has 2 rings (SSSR count). The SMILES string of the molecule is CCOC(=O)C1=C(C)NC(C)=C(C(=O)OCC)C1C(=O)OCC(=O)Nc1ccc(Cl)c(Cl)c1. The van der Waals surface area contributed by atoms with Crippen molar-refractivity contribution in [1.82, 2.24) is 5.32 Å². The van der Waals surface area contributed by atoms with Crippen LogP contribution in [0.3, 0.4) is 0 Å². The summed E-state index contributed by atoms with van der Waals surface area (Å²) in [4.78, 5) is 50.5. The minimum Gasteiger partial charge on any atom is -0.463 e. The van der Waals surface area contributed by atoms with Gasteiger partial charge in [0.25, 0.3) is 5.91 Å². The zero-order chi connectivity index (χ0) is 24.7. The Morgan fingerprint density at radius 3 is 1.94 bits per heavy atom. The number of hydrogen-bond donors (Lipinski definition) is 2. The highest BCUT2D eigenvalue weighted by Crippen LogP contribution is 2.32. The molecule has 0 atom stereocenters. The second-order valence-corrected chi connectivity index (χ2v) is 7.68. The van der Waals surface area contributed by atoms with Crippen molar-refractivity contribution < 1.29 is 33.4 Å². The van der Waals surface area contributed by atoms with Gasteiger partial charge in [-0.15, -0.1) is 0 Å². The number of dihydropyridines is 1. The summed E-state index contributed by atoms with van der Waals surface area (Å²) in [7, 11) is 0. The first-order valence-corrected chi connectivity index (χ1v) is 10.8. The van der Waals surface area contributed by atoms with Gasteiger partial charge in [-0.05, 0) is 45.9 Å². The van der Waals surface area contributed by atoms with Crippen molar-refractivity contribution in [1.29, 1.82) is 0 Å². The molecule has 2 N–H and O–H groups in total. The van der Waals surface area contributed by atoms with Crippen LogP contribution in [0.4, 0.5) is 5.69 Å². The highest BCUT2D eigenvalue weighted by molar-refractivity contribution is 6.42. The molecule has 0 fully saturated rings. The Morgan fingerprint density at radius 1 is 0.909 bits per heavy atom. The first-order chi connectivity index (χ1) is 15.6. The first-order valence-electron chi connectivity index (χ1n) is 10.0. The van der Waals surface area contributed by atoms with Gasteiger partial charge in [0, 0.05) is 17.1 Å². The number of carbonyl (C=O) groups excluding carboxylic acids is 4. The second kappa shape index (κ2) is 11.7. The van der Waals surface area contributed by atoms with Crippen molar-refractivity contribution in [3.8, 4) is 0 Å². The van der Waals surface area contributed by atoms with Crippen molar-refractivity contribution in [3.05, 3.63) is 50.8 Å². The van der Waals surface area contributed by atoms with Gasteiger partial charge in [0.2, 0.25) is 0 Å². The van der Waals surface area contributed by atoms with E-state index in [9.17, 15) is 19.2 Å². The molecule has 1 aromatic carbocycles. The summed E-state index contributed by atoms with van der Waals surface area (Å²) in [6.07, 6.45) is 0. The molecule has 0 saturated carbocycles. The van der Waals surface area contributed by atoms with Crippen LogP contribution in [-0.4, -0.2) is 43.6 Å². The van der Waals surface area contributed by atoms with Crippen molar-refractivity contribution >= 4 is 52.7 Å². The maximum absolute atomic E-state index is 13.0. The second-order valence-electron chi connectivity index (χ2n) is 6.86. The van der Waals surface area contributed by atoms with E-state index in [1.165, 1.54) is 18.2 Å². The van der Waals surface area contributed by atoms with Gasteiger partial charge < -0.3 is 24.8 Å². The lowest BCUT2D eigenvalue weighted by Crippen LogP contribution is -2.39. The average molecular weight is 499 g/mol. The predicted molar refractivity (Wildman–Crippen MR) is 121 cm³/mol.